The lowest BCUT2D eigenvalue weighted by molar-refractivity contribution is -0.184. The fourth-order valence-corrected chi connectivity index (χ4v) is 3.35. The van der Waals surface area contributed by atoms with Crippen LogP contribution in [-0.2, 0) is 28.7 Å². The fraction of sp³-hybridized carbons (Fsp3) is 0.529. The Morgan fingerprint density at radius 2 is 1.94 bits per heavy atom. The maximum atomic E-state index is 14.2. The molecule has 0 aliphatic carbocycles. The highest BCUT2D eigenvalue weighted by Crippen LogP contribution is 2.38. The van der Waals surface area contributed by atoms with Crippen LogP contribution in [0.4, 0.5) is 30.7 Å². The summed E-state index contributed by atoms with van der Waals surface area (Å²) >= 11 is 0. The summed E-state index contributed by atoms with van der Waals surface area (Å²) < 4.78 is 98.6. The second-order valence-corrected chi connectivity index (χ2v) is 6.80. The van der Waals surface area contributed by atoms with Gasteiger partial charge in [0.1, 0.15) is 11.9 Å². The van der Waals surface area contributed by atoms with Crippen molar-refractivity contribution in [2.45, 2.75) is 44.7 Å². The molecule has 2 aromatic heterocycles. The third-order valence-corrected chi connectivity index (χ3v) is 4.77. The van der Waals surface area contributed by atoms with Crippen molar-refractivity contribution in [1.82, 2.24) is 19.3 Å². The zero-order valence-corrected chi connectivity index (χ0v) is 15.8. The van der Waals surface area contributed by atoms with Gasteiger partial charge in [0.2, 0.25) is 0 Å². The van der Waals surface area contributed by atoms with Crippen LogP contribution in [0.5, 0.6) is 0 Å². The summed E-state index contributed by atoms with van der Waals surface area (Å²) in [6.07, 6.45) is -10.6. The van der Waals surface area contributed by atoms with E-state index in [1.807, 2.05) is 0 Å². The number of rotatable bonds is 4. The molecule has 3 heterocycles. The Morgan fingerprint density at radius 3 is 2.52 bits per heavy atom. The second kappa shape index (κ2) is 7.96. The molecule has 0 radical (unpaired) electrons. The molecule has 0 saturated carbocycles. The zero-order chi connectivity index (χ0) is 23.1. The Morgan fingerprint density at radius 1 is 1.26 bits per heavy atom. The maximum Gasteiger partial charge on any atom is 0.436 e. The standard InChI is InChI=1S/C17H15F7N4O3/c1-2-31-14(29)10-5-9(16(19,20)21)6-11-26-27(15(30)28(10)11)7-8-3-4-25-13(12(8)18)17(22,23)24/h3-4,9-10H,2,5-7H2,1H3. The average Bonchev–Trinajstić information content (AvgIpc) is 2.97. The van der Waals surface area contributed by atoms with Crippen LogP contribution >= 0.6 is 0 Å². The van der Waals surface area contributed by atoms with Crippen molar-refractivity contribution < 1.29 is 40.3 Å². The number of aromatic nitrogens is 4. The first-order chi connectivity index (χ1) is 14.3. The predicted octanol–water partition coefficient (Wildman–Crippen LogP) is 2.87. The van der Waals surface area contributed by atoms with Gasteiger partial charge in [-0.05, 0) is 19.4 Å². The molecule has 2 atom stereocenters. The first kappa shape index (κ1) is 22.7. The normalized spacial score (nSPS) is 19.2. The summed E-state index contributed by atoms with van der Waals surface area (Å²) in [5, 5.41) is 3.73. The zero-order valence-electron chi connectivity index (χ0n) is 15.8. The van der Waals surface area contributed by atoms with Crippen molar-refractivity contribution in [3.05, 3.63) is 45.6 Å². The molecule has 2 aromatic rings. The van der Waals surface area contributed by atoms with Gasteiger partial charge in [-0.25, -0.2) is 23.6 Å². The average molecular weight is 456 g/mol. The molecule has 0 amide bonds. The number of alkyl halides is 6. The SMILES string of the molecule is CCOC(=O)C1CC(C(F)(F)F)Cc2nn(Cc3ccnc(C(F)(F)F)c3F)c(=O)n21. The van der Waals surface area contributed by atoms with Gasteiger partial charge in [0, 0.05) is 18.2 Å². The van der Waals surface area contributed by atoms with E-state index in [4.69, 9.17) is 4.74 Å². The number of carbonyl (C=O) groups excluding carboxylic acids is 1. The number of ether oxygens (including phenoxy) is 1. The minimum Gasteiger partial charge on any atom is -0.464 e. The Bertz CT molecular complexity index is 1040. The monoisotopic (exact) mass is 456 g/mol. The lowest BCUT2D eigenvalue weighted by Gasteiger charge is -2.29. The van der Waals surface area contributed by atoms with Gasteiger partial charge in [-0.3, -0.25) is 4.57 Å². The second-order valence-electron chi connectivity index (χ2n) is 6.80. The number of hydrogen-bond acceptors (Lipinski definition) is 5. The molecule has 0 aromatic carbocycles. The highest BCUT2D eigenvalue weighted by molar-refractivity contribution is 5.74. The van der Waals surface area contributed by atoms with Crippen LogP contribution in [0.3, 0.4) is 0 Å². The van der Waals surface area contributed by atoms with Gasteiger partial charge in [0.05, 0.1) is 19.1 Å². The van der Waals surface area contributed by atoms with Gasteiger partial charge in [-0.15, -0.1) is 0 Å². The maximum absolute atomic E-state index is 14.2. The number of fused-ring (bicyclic) bond motifs is 1. The van der Waals surface area contributed by atoms with Gasteiger partial charge in [0.25, 0.3) is 0 Å². The summed E-state index contributed by atoms with van der Waals surface area (Å²) in [6.45, 7) is 0.481. The van der Waals surface area contributed by atoms with E-state index in [2.05, 4.69) is 10.1 Å². The first-order valence-corrected chi connectivity index (χ1v) is 8.96. The van der Waals surface area contributed by atoms with Gasteiger partial charge >= 0.3 is 24.0 Å². The Kier molecular flexibility index (Phi) is 5.84. The van der Waals surface area contributed by atoms with E-state index in [1.165, 1.54) is 6.92 Å². The fourth-order valence-electron chi connectivity index (χ4n) is 3.35. The van der Waals surface area contributed by atoms with Crippen LogP contribution in [-0.4, -0.2) is 38.1 Å². The van der Waals surface area contributed by atoms with E-state index in [1.54, 1.807) is 0 Å². The molecule has 0 bridgehead atoms. The third kappa shape index (κ3) is 4.42. The van der Waals surface area contributed by atoms with Gasteiger partial charge in [-0.2, -0.15) is 31.4 Å². The van der Waals surface area contributed by atoms with Crippen LogP contribution in [0.1, 0.15) is 36.5 Å². The third-order valence-electron chi connectivity index (χ3n) is 4.77. The molecule has 3 rings (SSSR count). The summed E-state index contributed by atoms with van der Waals surface area (Å²) in [6, 6.07) is -0.735. The van der Waals surface area contributed by atoms with Crippen LogP contribution < -0.4 is 5.69 Å². The van der Waals surface area contributed by atoms with Crippen LogP contribution in [0, 0.1) is 11.7 Å². The van der Waals surface area contributed by atoms with Crippen LogP contribution in [0.15, 0.2) is 17.1 Å². The molecule has 170 valence electrons. The molecule has 7 nitrogen and oxygen atoms in total. The molecule has 1 aliphatic rings. The summed E-state index contributed by atoms with van der Waals surface area (Å²) in [7, 11) is 0. The van der Waals surface area contributed by atoms with Gasteiger partial charge < -0.3 is 4.74 Å². The lowest BCUT2D eigenvalue weighted by Crippen LogP contribution is -2.41. The van der Waals surface area contributed by atoms with Crippen molar-refractivity contribution in [2.75, 3.05) is 6.61 Å². The summed E-state index contributed by atoms with van der Waals surface area (Å²) in [5.74, 6) is -5.20. The summed E-state index contributed by atoms with van der Waals surface area (Å²) in [5.41, 5.74) is -3.47. The highest BCUT2D eigenvalue weighted by Gasteiger charge is 2.48. The topological polar surface area (TPSA) is 79.0 Å². The van der Waals surface area contributed by atoms with E-state index < -0.39 is 78.3 Å². The molecule has 0 spiro atoms. The molecular formula is C17H15F7N4O3. The Hall–Kier alpha value is -2.93. The van der Waals surface area contributed by atoms with E-state index in [0.29, 0.717) is 15.4 Å². The molecule has 14 heteroatoms. The lowest BCUT2D eigenvalue weighted by atomic mass is 9.91. The first-order valence-electron chi connectivity index (χ1n) is 8.96. The Balaban J connectivity index is 2.04. The van der Waals surface area contributed by atoms with E-state index in [-0.39, 0.29) is 6.61 Å². The molecule has 0 N–H and O–H groups in total. The summed E-state index contributed by atoms with van der Waals surface area (Å²) in [4.78, 5) is 27.8. The van der Waals surface area contributed by atoms with Crippen molar-refractivity contribution in [3.63, 3.8) is 0 Å². The van der Waals surface area contributed by atoms with Crippen molar-refractivity contribution >= 4 is 5.97 Å². The van der Waals surface area contributed by atoms with E-state index >= 15 is 0 Å². The Labute approximate surface area is 169 Å². The van der Waals surface area contributed by atoms with Crippen molar-refractivity contribution in [3.8, 4) is 0 Å². The quantitative estimate of drug-likeness (QED) is 0.522. The van der Waals surface area contributed by atoms with Crippen molar-refractivity contribution in [1.29, 1.82) is 0 Å². The molecule has 0 fully saturated rings. The largest absolute Gasteiger partial charge is 0.464 e. The molecule has 0 saturated heterocycles. The molecule has 1 aliphatic heterocycles. The number of esters is 1. The number of carbonyl (C=O) groups is 1. The number of halogens is 7. The van der Waals surface area contributed by atoms with E-state index in [9.17, 15) is 40.3 Å². The number of hydrogen-bond donors (Lipinski definition) is 0. The molecule has 31 heavy (non-hydrogen) atoms. The molecule has 2 unspecified atom stereocenters. The van der Waals surface area contributed by atoms with Gasteiger partial charge in [0.15, 0.2) is 11.5 Å². The molecular weight excluding hydrogens is 441 g/mol. The van der Waals surface area contributed by atoms with Gasteiger partial charge in [-0.1, -0.05) is 0 Å². The van der Waals surface area contributed by atoms with Crippen LogP contribution in [0.25, 0.3) is 0 Å². The van der Waals surface area contributed by atoms with Crippen molar-refractivity contribution in [2.24, 2.45) is 5.92 Å². The van der Waals surface area contributed by atoms with E-state index in [0.717, 1.165) is 6.07 Å². The minimum absolute atomic E-state index is 0.146. The number of nitrogens with zero attached hydrogens (tertiary/aromatic N) is 4. The predicted molar refractivity (Wildman–Crippen MR) is 88.3 cm³/mol. The number of pyridine rings is 1. The van der Waals surface area contributed by atoms with Crippen LogP contribution in [0.2, 0.25) is 0 Å². The smallest absolute Gasteiger partial charge is 0.436 e. The minimum atomic E-state index is -5.09. The highest BCUT2D eigenvalue weighted by atomic mass is 19.4.